The van der Waals surface area contributed by atoms with Crippen molar-refractivity contribution in [2.24, 2.45) is 11.3 Å². The predicted molar refractivity (Wildman–Crippen MR) is 79.1 cm³/mol. The maximum absolute atomic E-state index is 12.2. The second kappa shape index (κ2) is 5.71. The summed E-state index contributed by atoms with van der Waals surface area (Å²) in [5.74, 6) is -0.848. The van der Waals surface area contributed by atoms with E-state index in [1.807, 2.05) is 26.8 Å². The van der Waals surface area contributed by atoms with Gasteiger partial charge in [-0.25, -0.2) is 4.79 Å². The Bertz CT molecular complexity index is 542. The first-order chi connectivity index (χ1) is 9.85. The van der Waals surface area contributed by atoms with Crippen LogP contribution in [0.4, 0.5) is 10.5 Å². The maximum atomic E-state index is 12.2. The molecule has 1 atom stereocenters. The van der Waals surface area contributed by atoms with Gasteiger partial charge in [-0.3, -0.25) is 9.78 Å². The van der Waals surface area contributed by atoms with Crippen LogP contribution in [0.15, 0.2) is 18.3 Å². The molecule has 21 heavy (non-hydrogen) atoms. The number of carbonyl (C=O) groups excluding carboxylic acids is 1. The maximum Gasteiger partial charge on any atom is 0.321 e. The zero-order valence-corrected chi connectivity index (χ0v) is 12.6. The number of rotatable bonds is 3. The number of likely N-dealkylation sites (tertiary alicyclic amines) is 1. The van der Waals surface area contributed by atoms with Crippen LogP contribution in [0, 0.1) is 18.3 Å². The molecule has 114 valence electrons. The molecule has 0 spiro atoms. The fourth-order valence-electron chi connectivity index (χ4n) is 2.64. The number of urea groups is 1. The van der Waals surface area contributed by atoms with E-state index in [0.717, 1.165) is 5.69 Å². The van der Waals surface area contributed by atoms with Gasteiger partial charge in [-0.1, -0.05) is 13.8 Å². The quantitative estimate of drug-likeness (QED) is 0.895. The molecule has 2 rings (SSSR count). The van der Waals surface area contributed by atoms with Gasteiger partial charge < -0.3 is 15.3 Å². The van der Waals surface area contributed by atoms with Crippen molar-refractivity contribution in [2.75, 3.05) is 18.4 Å². The average molecular weight is 291 g/mol. The van der Waals surface area contributed by atoms with Crippen molar-refractivity contribution >= 4 is 17.7 Å². The van der Waals surface area contributed by atoms with Crippen molar-refractivity contribution in [1.82, 2.24) is 9.88 Å². The summed E-state index contributed by atoms with van der Waals surface area (Å²) in [5.41, 5.74) is 0.643. The van der Waals surface area contributed by atoms with Gasteiger partial charge in [0.05, 0.1) is 17.3 Å². The molecule has 1 aliphatic heterocycles. The first kappa shape index (κ1) is 15.3. The van der Waals surface area contributed by atoms with Gasteiger partial charge >= 0.3 is 12.0 Å². The number of carboxylic acid groups (broad SMARTS) is 1. The summed E-state index contributed by atoms with van der Waals surface area (Å²) in [5, 5.41) is 12.2. The fourth-order valence-corrected chi connectivity index (χ4v) is 2.64. The lowest BCUT2D eigenvalue weighted by Crippen LogP contribution is -2.41. The van der Waals surface area contributed by atoms with Crippen molar-refractivity contribution in [1.29, 1.82) is 0 Å². The molecule has 1 fully saturated rings. The van der Waals surface area contributed by atoms with E-state index in [1.165, 1.54) is 0 Å². The Balaban J connectivity index is 2.05. The number of nitrogens with zero attached hydrogens (tertiary/aromatic N) is 2. The van der Waals surface area contributed by atoms with Crippen molar-refractivity contribution in [2.45, 2.75) is 27.2 Å². The highest BCUT2D eigenvalue weighted by Crippen LogP contribution is 2.38. The standard InChI is InChI=1S/C15H21N3O3/c1-10(2)15(13(19)20)6-7-18(9-15)14(21)17-12-5-4-11(3)16-8-12/h4-5,8,10H,6-7,9H2,1-3H3,(H,17,21)(H,19,20). The summed E-state index contributed by atoms with van der Waals surface area (Å²) in [4.78, 5) is 29.5. The average Bonchev–Trinajstić information content (AvgIpc) is 2.88. The van der Waals surface area contributed by atoms with Crippen molar-refractivity contribution in [3.8, 4) is 0 Å². The number of aliphatic carboxylic acids is 1. The third-order valence-electron chi connectivity index (χ3n) is 4.28. The Hall–Kier alpha value is -2.11. The van der Waals surface area contributed by atoms with E-state index in [-0.39, 0.29) is 18.5 Å². The lowest BCUT2D eigenvalue weighted by Gasteiger charge is -2.28. The smallest absolute Gasteiger partial charge is 0.321 e. The molecule has 2 amide bonds. The van der Waals surface area contributed by atoms with Gasteiger partial charge in [-0.2, -0.15) is 0 Å². The highest BCUT2D eigenvalue weighted by atomic mass is 16.4. The van der Waals surface area contributed by atoms with Crippen LogP contribution in [-0.2, 0) is 4.79 Å². The number of amides is 2. The third-order valence-corrected chi connectivity index (χ3v) is 4.28. The highest BCUT2D eigenvalue weighted by molar-refractivity contribution is 5.90. The van der Waals surface area contributed by atoms with Crippen LogP contribution < -0.4 is 5.32 Å². The van der Waals surface area contributed by atoms with Gasteiger partial charge in [0.2, 0.25) is 0 Å². The van der Waals surface area contributed by atoms with Crippen molar-refractivity contribution in [3.05, 3.63) is 24.0 Å². The molecule has 0 aromatic carbocycles. The zero-order chi connectivity index (χ0) is 15.6. The van der Waals surface area contributed by atoms with Crippen LogP contribution in [-0.4, -0.2) is 40.1 Å². The summed E-state index contributed by atoms with van der Waals surface area (Å²) in [6.45, 7) is 6.34. The molecule has 1 unspecified atom stereocenters. The summed E-state index contributed by atoms with van der Waals surface area (Å²) in [6.07, 6.45) is 2.08. The molecule has 2 N–H and O–H groups in total. The van der Waals surface area contributed by atoms with Crippen molar-refractivity contribution < 1.29 is 14.7 Å². The third kappa shape index (κ3) is 2.99. The first-order valence-corrected chi connectivity index (χ1v) is 7.07. The second-order valence-electron chi connectivity index (χ2n) is 5.91. The van der Waals surface area contributed by atoms with E-state index < -0.39 is 11.4 Å². The monoisotopic (exact) mass is 291 g/mol. The number of carboxylic acids is 1. The van der Waals surface area contributed by atoms with Crippen LogP contribution in [0.5, 0.6) is 0 Å². The lowest BCUT2D eigenvalue weighted by molar-refractivity contribution is -0.150. The van der Waals surface area contributed by atoms with E-state index in [0.29, 0.717) is 18.7 Å². The highest BCUT2D eigenvalue weighted by Gasteiger charge is 2.48. The van der Waals surface area contributed by atoms with Gasteiger partial charge in [0, 0.05) is 18.8 Å². The summed E-state index contributed by atoms with van der Waals surface area (Å²) < 4.78 is 0. The molecule has 0 saturated carbocycles. The second-order valence-corrected chi connectivity index (χ2v) is 5.91. The Morgan fingerprint density at radius 1 is 1.43 bits per heavy atom. The first-order valence-electron chi connectivity index (χ1n) is 7.07. The molecular weight excluding hydrogens is 270 g/mol. The number of aromatic nitrogens is 1. The van der Waals surface area contributed by atoms with Gasteiger partial charge in [0.15, 0.2) is 0 Å². The fraction of sp³-hybridized carbons (Fsp3) is 0.533. The van der Waals surface area contributed by atoms with Crippen LogP contribution in [0.3, 0.4) is 0 Å². The van der Waals surface area contributed by atoms with E-state index in [4.69, 9.17) is 0 Å². The lowest BCUT2D eigenvalue weighted by atomic mass is 9.76. The molecule has 1 saturated heterocycles. The SMILES string of the molecule is Cc1ccc(NC(=O)N2CCC(C(=O)O)(C(C)C)C2)cn1. The summed E-state index contributed by atoms with van der Waals surface area (Å²) >= 11 is 0. The van der Waals surface area contributed by atoms with Crippen molar-refractivity contribution in [3.63, 3.8) is 0 Å². The Morgan fingerprint density at radius 2 is 2.14 bits per heavy atom. The Kier molecular flexibility index (Phi) is 4.16. The summed E-state index contributed by atoms with van der Waals surface area (Å²) in [6, 6.07) is 3.32. The zero-order valence-electron chi connectivity index (χ0n) is 12.6. The largest absolute Gasteiger partial charge is 0.481 e. The normalized spacial score (nSPS) is 21.6. The topological polar surface area (TPSA) is 82.5 Å². The molecule has 0 bridgehead atoms. The Morgan fingerprint density at radius 3 is 2.62 bits per heavy atom. The minimum Gasteiger partial charge on any atom is -0.481 e. The van der Waals surface area contributed by atoms with Gasteiger partial charge in [-0.15, -0.1) is 0 Å². The molecule has 1 aromatic rings. The molecule has 0 aliphatic carbocycles. The number of hydrogen-bond donors (Lipinski definition) is 2. The number of pyridine rings is 1. The molecule has 6 heteroatoms. The van der Waals surface area contributed by atoms with E-state index in [2.05, 4.69) is 10.3 Å². The molecule has 1 aliphatic rings. The molecule has 0 radical (unpaired) electrons. The van der Waals surface area contributed by atoms with Gasteiger partial charge in [0.1, 0.15) is 0 Å². The summed E-state index contributed by atoms with van der Waals surface area (Å²) in [7, 11) is 0. The van der Waals surface area contributed by atoms with Crippen LogP contribution in [0.1, 0.15) is 26.0 Å². The van der Waals surface area contributed by atoms with E-state index in [1.54, 1.807) is 17.2 Å². The van der Waals surface area contributed by atoms with Gasteiger partial charge in [0.25, 0.3) is 0 Å². The number of carbonyl (C=O) groups is 2. The number of aryl methyl sites for hydroxylation is 1. The molecule has 6 nitrogen and oxygen atoms in total. The van der Waals surface area contributed by atoms with Crippen LogP contribution in [0.2, 0.25) is 0 Å². The molecule has 2 heterocycles. The van der Waals surface area contributed by atoms with Gasteiger partial charge in [-0.05, 0) is 31.4 Å². The Labute approximate surface area is 124 Å². The number of hydrogen-bond acceptors (Lipinski definition) is 3. The minimum atomic E-state index is -0.844. The van der Waals surface area contributed by atoms with Crippen LogP contribution >= 0.6 is 0 Å². The molecule has 1 aromatic heterocycles. The number of anilines is 1. The number of nitrogens with one attached hydrogen (secondary N) is 1. The van der Waals surface area contributed by atoms with E-state index >= 15 is 0 Å². The minimum absolute atomic E-state index is 0.0196. The van der Waals surface area contributed by atoms with Crippen LogP contribution in [0.25, 0.3) is 0 Å². The predicted octanol–water partition coefficient (Wildman–Crippen LogP) is 2.35. The van der Waals surface area contributed by atoms with E-state index in [9.17, 15) is 14.7 Å². The molecular formula is C15H21N3O3.